The van der Waals surface area contributed by atoms with E-state index in [1.54, 1.807) is 13.2 Å². The quantitative estimate of drug-likeness (QED) is 0.911. The van der Waals surface area contributed by atoms with Crippen LogP contribution < -0.4 is 10.1 Å². The van der Waals surface area contributed by atoms with Crippen molar-refractivity contribution in [3.8, 4) is 5.75 Å². The lowest BCUT2D eigenvalue weighted by Crippen LogP contribution is -2.40. The number of para-hydroxylation sites is 1. The van der Waals surface area contributed by atoms with E-state index in [4.69, 9.17) is 9.15 Å². The molecule has 0 saturated heterocycles. The molecule has 1 fully saturated rings. The number of fused-ring (bicyclic) bond motifs is 1. The Morgan fingerprint density at radius 1 is 1.41 bits per heavy atom. The number of furan rings is 1. The fraction of sp³-hybridized carbons (Fsp3) is 0.471. The zero-order chi connectivity index (χ0) is 15.7. The average molecular weight is 303 g/mol. The summed E-state index contributed by atoms with van der Waals surface area (Å²) < 4.78 is 11.0. The number of benzene rings is 1. The maximum Gasteiger partial charge on any atom is 0.287 e. The molecule has 2 aromatic rings. The maximum atomic E-state index is 12.4. The molecule has 1 aliphatic carbocycles. The Morgan fingerprint density at radius 3 is 2.82 bits per heavy atom. The van der Waals surface area contributed by atoms with E-state index in [1.165, 1.54) is 0 Å². The van der Waals surface area contributed by atoms with Crippen LogP contribution in [-0.4, -0.2) is 30.3 Å². The number of aliphatic hydroxyl groups is 1. The minimum absolute atomic E-state index is 0.263. The molecule has 1 saturated carbocycles. The van der Waals surface area contributed by atoms with Crippen LogP contribution in [0.25, 0.3) is 11.0 Å². The van der Waals surface area contributed by atoms with Crippen LogP contribution in [-0.2, 0) is 0 Å². The number of carbonyl (C=O) groups excluding carboxylic acids is 1. The van der Waals surface area contributed by atoms with E-state index in [1.807, 2.05) is 19.1 Å². The van der Waals surface area contributed by atoms with Crippen molar-refractivity contribution in [1.29, 1.82) is 0 Å². The van der Waals surface area contributed by atoms with Gasteiger partial charge < -0.3 is 19.6 Å². The predicted molar refractivity (Wildman–Crippen MR) is 83.3 cm³/mol. The van der Waals surface area contributed by atoms with Crippen molar-refractivity contribution in [1.82, 2.24) is 5.32 Å². The van der Waals surface area contributed by atoms with E-state index in [2.05, 4.69) is 5.32 Å². The average Bonchev–Trinajstić information content (AvgIpc) is 3.10. The van der Waals surface area contributed by atoms with Crippen LogP contribution in [0, 0.1) is 6.92 Å². The van der Waals surface area contributed by atoms with E-state index in [0.29, 0.717) is 11.3 Å². The van der Waals surface area contributed by atoms with Gasteiger partial charge in [-0.25, -0.2) is 0 Å². The molecular weight excluding hydrogens is 282 g/mol. The zero-order valence-corrected chi connectivity index (χ0v) is 12.9. The molecule has 118 valence electrons. The van der Waals surface area contributed by atoms with Gasteiger partial charge in [-0.1, -0.05) is 25.0 Å². The fourth-order valence-corrected chi connectivity index (χ4v) is 3.13. The monoisotopic (exact) mass is 303 g/mol. The molecule has 1 aromatic heterocycles. The van der Waals surface area contributed by atoms with E-state index in [-0.39, 0.29) is 18.2 Å². The molecule has 22 heavy (non-hydrogen) atoms. The number of hydrogen-bond acceptors (Lipinski definition) is 4. The van der Waals surface area contributed by atoms with Crippen molar-refractivity contribution in [2.24, 2.45) is 0 Å². The summed E-state index contributed by atoms with van der Waals surface area (Å²) >= 11 is 0. The van der Waals surface area contributed by atoms with Gasteiger partial charge in [0, 0.05) is 17.5 Å². The molecule has 1 aliphatic rings. The highest BCUT2D eigenvalue weighted by Gasteiger charge is 2.32. The van der Waals surface area contributed by atoms with Gasteiger partial charge in [0.05, 0.1) is 12.7 Å². The minimum atomic E-state index is -0.771. The first-order chi connectivity index (χ1) is 10.5. The topological polar surface area (TPSA) is 71.7 Å². The Morgan fingerprint density at radius 2 is 2.14 bits per heavy atom. The normalized spacial score (nSPS) is 16.9. The summed E-state index contributed by atoms with van der Waals surface area (Å²) in [5.74, 6) is 0.589. The van der Waals surface area contributed by atoms with Crippen molar-refractivity contribution < 1.29 is 19.1 Å². The first-order valence-electron chi connectivity index (χ1n) is 7.61. The summed E-state index contributed by atoms with van der Waals surface area (Å²) in [6.45, 7) is 2.12. The molecule has 1 heterocycles. The highest BCUT2D eigenvalue weighted by Crippen LogP contribution is 2.32. The lowest BCUT2D eigenvalue weighted by molar-refractivity contribution is 0.0444. The molecule has 0 aliphatic heterocycles. The molecule has 5 nitrogen and oxygen atoms in total. The molecule has 1 aromatic carbocycles. The Kier molecular flexibility index (Phi) is 3.83. The highest BCUT2D eigenvalue weighted by molar-refractivity contribution is 6.00. The third-order valence-electron chi connectivity index (χ3n) is 4.47. The Labute approximate surface area is 129 Å². The molecular formula is C17H21NO4. The summed E-state index contributed by atoms with van der Waals surface area (Å²) in [5.41, 5.74) is 0.588. The number of methoxy groups -OCH3 is 1. The third-order valence-corrected chi connectivity index (χ3v) is 4.47. The third kappa shape index (κ3) is 2.57. The van der Waals surface area contributed by atoms with Gasteiger partial charge in [0.1, 0.15) is 0 Å². The van der Waals surface area contributed by atoms with E-state index in [0.717, 1.165) is 36.6 Å². The van der Waals surface area contributed by atoms with Crippen LogP contribution >= 0.6 is 0 Å². The Balaban J connectivity index is 1.83. The number of nitrogens with one attached hydrogen (secondary N) is 1. The highest BCUT2D eigenvalue weighted by atomic mass is 16.5. The second-order valence-corrected chi connectivity index (χ2v) is 6.01. The second-order valence-electron chi connectivity index (χ2n) is 6.01. The van der Waals surface area contributed by atoms with Crippen molar-refractivity contribution in [3.05, 3.63) is 29.5 Å². The largest absolute Gasteiger partial charge is 0.493 e. The molecule has 0 atom stereocenters. The Hall–Kier alpha value is -2.01. The minimum Gasteiger partial charge on any atom is -0.493 e. The van der Waals surface area contributed by atoms with Gasteiger partial charge in [-0.3, -0.25) is 4.79 Å². The van der Waals surface area contributed by atoms with E-state index >= 15 is 0 Å². The van der Waals surface area contributed by atoms with Crippen LogP contribution in [0.2, 0.25) is 0 Å². The smallest absolute Gasteiger partial charge is 0.287 e. The van der Waals surface area contributed by atoms with Gasteiger partial charge in [0.2, 0.25) is 0 Å². The molecule has 1 amide bonds. The second kappa shape index (κ2) is 5.65. The number of carbonyl (C=O) groups is 1. The lowest BCUT2D eigenvalue weighted by Gasteiger charge is -2.21. The van der Waals surface area contributed by atoms with E-state index < -0.39 is 5.60 Å². The van der Waals surface area contributed by atoms with Crippen molar-refractivity contribution in [2.45, 2.75) is 38.2 Å². The molecule has 5 heteroatoms. The summed E-state index contributed by atoms with van der Waals surface area (Å²) in [4.78, 5) is 12.4. The van der Waals surface area contributed by atoms with Crippen LogP contribution in [0.5, 0.6) is 5.75 Å². The number of aryl methyl sites for hydroxylation is 1. The maximum absolute atomic E-state index is 12.4. The summed E-state index contributed by atoms with van der Waals surface area (Å²) in [5, 5.41) is 14.0. The number of amides is 1. The SMILES string of the molecule is COc1cccc2c(C)c(C(=O)NCC3(O)CCCC3)oc12. The molecule has 0 bridgehead atoms. The molecule has 0 radical (unpaired) electrons. The molecule has 0 spiro atoms. The fourth-order valence-electron chi connectivity index (χ4n) is 3.13. The first kappa shape index (κ1) is 14.9. The van der Waals surface area contributed by atoms with Crippen molar-refractivity contribution in [2.75, 3.05) is 13.7 Å². The van der Waals surface area contributed by atoms with Gasteiger partial charge in [-0.15, -0.1) is 0 Å². The first-order valence-corrected chi connectivity index (χ1v) is 7.61. The zero-order valence-electron chi connectivity index (χ0n) is 12.9. The van der Waals surface area contributed by atoms with Crippen LogP contribution in [0.1, 0.15) is 41.8 Å². The standard InChI is InChI=1S/C17H21NO4/c1-11-12-6-5-7-13(21-2)15(12)22-14(11)16(19)18-10-17(20)8-3-4-9-17/h5-7,20H,3-4,8-10H2,1-2H3,(H,18,19). The molecule has 3 rings (SSSR count). The van der Waals surface area contributed by atoms with Crippen LogP contribution in [0.4, 0.5) is 0 Å². The van der Waals surface area contributed by atoms with Gasteiger partial charge >= 0.3 is 0 Å². The van der Waals surface area contributed by atoms with Crippen molar-refractivity contribution in [3.63, 3.8) is 0 Å². The summed E-state index contributed by atoms with van der Waals surface area (Å²) in [7, 11) is 1.57. The molecule has 0 unspecified atom stereocenters. The molecule has 2 N–H and O–H groups in total. The Bertz CT molecular complexity index is 698. The lowest BCUT2D eigenvalue weighted by atomic mass is 10.0. The van der Waals surface area contributed by atoms with Gasteiger partial charge in [-0.2, -0.15) is 0 Å². The summed E-state index contributed by atoms with van der Waals surface area (Å²) in [6.07, 6.45) is 3.49. The number of rotatable bonds is 4. The summed E-state index contributed by atoms with van der Waals surface area (Å²) in [6, 6.07) is 5.57. The van der Waals surface area contributed by atoms with Crippen molar-refractivity contribution >= 4 is 16.9 Å². The predicted octanol–water partition coefficient (Wildman–Crippen LogP) is 2.78. The number of ether oxygens (including phenoxy) is 1. The van der Waals surface area contributed by atoms with Crippen LogP contribution in [0.15, 0.2) is 22.6 Å². The van der Waals surface area contributed by atoms with E-state index in [9.17, 15) is 9.90 Å². The van der Waals surface area contributed by atoms with Gasteiger partial charge in [0.15, 0.2) is 17.1 Å². The number of hydrogen-bond donors (Lipinski definition) is 2. The van der Waals surface area contributed by atoms with Gasteiger partial charge in [-0.05, 0) is 25.8 Å². The van der Waals surface area contributed by atoms with Crippen LogP contribution in [0.3, 0.4) is 0 Å². The van der Waals surface area contributed by atoms with Gasteiger partial charge in [0.25, 0.3) is 5.91 Å².